The molecule has 74 valence electrons. The van der Waals surface area contributed by atoms with Gasteiger partial charge in [0.05, 0.1) is 4.92 Å². The molecule has 6 nitrogen and oxygen atoms in total. The summed E-state index contributed by atoms with van der Waals surface area (Å²) in [6, 6.07) is 3.12. The Bertz CT molecular complexity index is 393. The zero-order valence-corrected chi connectivity index (χ0v) is 6.77. The van der Waals surface area contributed by atoms with E-state index in [9.17, 15) is 19.3 Å². The largest absolute Gasteiger partial charge is 0.410 e. The van der Waals surface area contributed by atoms with E-state index < -0.39 is 28.3 Å². The van der Waals surface area contributed by atoms with E-state index in [0.717, 1.165) is 12.1 Å². The molecule has 1 amide bonds. The Kier molecular flexibility index (Phi) is 2.61. The molecule has 1 rings (SSSR count). The van der Waals surface area contributed by atoms with Crippen LogP contribution in [0.15, 0.2) is 18.2 Å². The Balaban J connectivity index is 3.21. The van der Waals surface area contributed by atoms with Crippen LogP contribution in [0.4, 0.5) is 14.9 Å². The van der Waals surface area contributed by atoms with Crippen molar-refractivity contribution in [3.63, 3.8) is 0 Å². The number of halogens is 1. The van der Waals surface area contributed by atoms with Gasteiger partial charge in [-0.05, 0) is 12.1 Å². The van der Waals surface area contributed by atoms with E-state index in [1.807, 2.05) is 0 Å². The van der Waals surface area contributed by atoms with Gasteiger partial charge in [0, 0.05) is 0 Å². The third kappa shape index (κ3) is 1.94. The van der Waals surface area contributed by atoms with Gasteiger partial charge in [-0.2, -0.15) is 4.39 Å². The first-order valence-corrected chi connectivity index (χ1v) is 3.42. The molecule has 0 radical (unpaired) electrons. The number of primary amides is 1. The third-order valence-corrected chi connectivity index (χ3v) is 1.34. The van der Waals surface area contributed by atoms with Crippen molar-refractivity contribution in [3.8, 4) is 5.75 Å². The first kappa shape index (κ1) is 9.90. The fourth-order valence-corrected chi connectivity index (χ4v) is 0.863. The minimum Gasteiger partial charge on any atom is -0.403 e. The zero-order chi connectivity index (χ0) is 10.7. The standard InChI is InChI=1S/C7H5FN2O4/c8-4-2-1-3-5(14-7(9)11)6(4)10(12)13/h1-3H,(H2,9,11). The van der Waals surface area contributed by atoms with Crippen molar-refractivity contribution in [1.82, 2.24) is 0 Å². The molecule has 2 N–H and O–H groups in total. The molecule has 0 unspecified atom stereocenters. The maximum Gasteiger partial charge on any atom is 0.410 e. The molecule has 0 aliphatic rings. The Morgan fingerprint density at radius 1 is 1.57 bits per heavy atom. The fourth-order valence-electron chi connectivity index (χ4n) is 0.863. The maximum absolute atomic E-state index is 12.9. The Hall–Kier alpha value is -2.18. The van der Waals surface area contributed by atoms with Crippen molar-refractivity contribution in [1.29, 1.82) is 0 Å². The highest BCUT2D eigenvalue weighted by atomic mass is 19.1. The average Bonchev–Trinajstić information content (AvgIpc) is 2.01. The topological polar surface area (TPSA) is 95.5 Å². The molecule has 0 saturated heterocycles. The van der Waals surface area contributed by atoms with Gasteiger partial charge in [-0.25, -0.2) is 4.79 Å². The van der Waals surface area contributed by atoms with Crippen molar-refractivity contribution in [2.45, 2.75) is 0 Å². The van der Waals surface area contributed by atoms with Crippen molar-refractivity contribution in [2.24, 2.45) is 5.73 Å². The first-order chi connectivity index (χ1) is 6.52. The van der Waals surface area contributed by atoms with Crippen molar-refractivity contribution >= 4 is 11.8 Å². The number of hydrogen-bond donors (Lipinski definition) is 1. The predicted molar refractivity (Wildman–Crippen MR) is 43.3 cm³/mol. The number of para-hydroxylation sites is 1. The number of carbonyl (C=O) groups excluding carboxylic acids is 1. The number of benzene rings is 1. The van der Waals surface area contributed by atoms with Crippen molar-refractivity contribution in [2.75, 3.05) is 0 Å². The number of nitro benzene ring substituents is 1. The molecule has 0 aliphatic heterocycles. The molecule has 14 heavy (non-hydrogen) atoms. The lowest BCUT2D eigenvalue weighted by Crippen LogP contribution is -2.17. The normalized spacial score (nSPS) is 9.50. The lowest BCUT2D eigenvalue weighted by molar-refractivity contribution is -0.388. The Morgan fingerprint density at radius 2 is 2.21 bits per heavy atom. The van der Waals surface area contributed by atoms with Crippen LogP contribution in [-0.2, 0) is 0 Å². The van der Waals surface area contributed by atoms with Crippen molar-refractivity contribution < 1.29 is 18.8 Å². The predicted octanol–water partition coefficient (Wildman–Crippen LogP) is 1.19. The second kappa shape index (κ2) is 3.69. The van der Waals surface area contributed by atoms with Crippen LogP contribution in [0.25, 0.3) is 0 Å². The van der Waals surface area contributed by atoms with E-state index in [1.165, 1.54) is 6.07 Å². The van der Waals surface area contributed by atoms with Crippen molar-refractivity contribution in [3.05, 3.63) is 34.1 Å². The van der Waals surface area contributed by atoms with Crippen LogP contribution < -0.4 is 10.5 Å². The third-order valence-electron chi connectivity index (χ3n) is 1.34. The average molecular weight is 200 g/mol. The van der Waals surface area contributed by atoms with E-state index in [-0.39, 0.29) is 0 Å². The van der Waals surface area contributed by atoms with Crippen LogP contribution in [-0.4, -0.2) is 11.0 Å². The van der Waals surface area contributed by atoms with Gasteiger partial charge in [0.15, 0.2) is 0 Å². The number of amides is 1. The van der Waals surface area contributed by atoms with Crippen LogP contribution in [0, 0.1) is 15.9 Å². The van der Waals surface area contributed by atoms with E-state index in [2.05, 4.69) is 10.5 Å². The second-order valence-electron chi connectivity index (χ2n) is 2.26. The molecule has 1 aromatic rings. The summed E-state index contributed by atoms with van der Waals surface area (Å²) in [4.78, 5) is 19.7. The number of nitrogens with zero attached hydrogens (tertiary/aromatic N) is 1. The molecule has 0 aliphatic carbocycles. The number of carbonyl (C=O) groups is 1. The minimum atomic E-state index is -1.24. The van der Waals surface area contributed by atoms with Gasteiger partial charge in [-0.1, -0.05) is 6.07 Å². The van der Waals surface area contributed by atoms with Gasteiger partial charge in [0.1, 0.15) is 0 Å². The van der Waals surface area contributed by atoms with Crippen LogP contribution in [0.5, 0.6) is 5.75 Å². The quantitative estimate of drug-likeness (QED) is 0.572. The number of nitrogens with two attached hydrogens (primary N) is 1. The number of hydrogen-bond acceptors (Lipinski definition) is 4. The van der Waals surface area contributed by atoms with Crippen LogP contribution in [0.2, 0.25) is 0 Å². The molecule has 0 fully saturated rings. The molecule has 0 aromatic heterocycles. The Labute approximate surface area is 77.2 Å². The molecule has 0 atom stereocenters. The summed E-state index contributed by atoms with van der Waals surface area (Å²) >= 11 is 0. The molecule has 7 heteroatoms. The highest BCUT2D eigenvalue weighted by molar-refractivity contribution is 5.70. The molecule has 0 heterocycles. The summed E-state index contributed by atoms with van der Waals surface area (Å²) in [6.45, 7) is 0. The maximum atomic E-state index is 12.9. The summed E-state index contributed by atoms with van der Waals surface area (Å²) < 4.78 is 17.1. The molecule has 0 bridgehead atoms. The smallest absolute Gasteiger partial charge is 0.403 e. The minimum absolute atomic E-state index is 0.512. The number of ether oxygens (including phenoxy) is 1. The summed E-state index contributed by atoms with van der Waals surface area (Å²) in [5.41, 5.74) is 3.73. The van der Waals surface area contributed by atoms with E-state index >= 15 is 0 Å². The van der Waals surface area contributed by atoms with Crippen LogP contribution >= 0.6 is 0 Å². The molecular formula is C7H5FN2O4. The SMILES string of the molecule is NC(=O)Oc1cccc(F)c1[N+](=O)[O-]. The lowest BCUT2D eigenvalue weighted by Gasteiger charge is -2.01. The van der Waals surface area contributed by atoms with E-state index in [4.69, 9.17) is 0 Å². The summed E-state index contributed by atoms with van der Waals surface area (Å²) in [5.74, 6) is -1.60. The highest BCUT2D eigenvalue weighted by Gasteiger charge is 2.22. The van der Waals surface area contributed by atoms with Crippen LogP contribution in [0.3, 0.4) is 0 Å². The van der Waals surface area contributed by atoms with Gasteiger partial charge in [-0.3, -0.25) is 10.1 Å². The lowest BCUT2D eigenvalue weighted by atomic mass is 10.3. The van der Waals surface area contributed by atoms with Gasteiger partial charge >= 0.3 is 11.8 Å². The monoisotopic (exact) mass is 200 g/mol. The number of rotatable bonds is 2. The summed E-state index contributed by atoms with van der Waals surface area (Å²) in [6.07, 6.45) is -1.24. The molecule has 0 saturated carbocycles. The Morgan fingerprint density at radius 3 is 2.71 bits per heavy atom. The van der Waals surface area contributed by atoms with Gasteiger partial charge in [-0.15, -0.1) is 0 Å². The molecule has 1 aromatic carbocycles. The summed E-state index contributed by atoms with van der Waals surface area (Å²) in [5, 5.41) is 10.4. The first-order valence-electron chi connectivity index (χ1n) is 3.42. The molecular weight excluding hydrogens is 195 g/mol. The summed E-state index contributed by atoms with van der Waals surface area (Å²) in [7, 11) is 0. The van der Waals surface area contributed by atoms with Gasteiger partial charge in [0.2, 0.25) is 11.6 Å². The van der Waals surface area contributed by atoms with E-state index in [1.54, 1.807) is 0 Å². The highest BCUT2D eigenvalue weighted by Crippen LogP contribution is 2.29. The fraction of sp³-hybridized carbons (Fsp3) is 0. The zero-order valence-electron chi connectivity index (χ0n) is 6.77. The number of nitro groups is 1. The van der Waals surface area contributed by atoms with E-state index in [0.29, 0.717) is 0 Å². The second-order valence-corrected chi connectivity index (χ2v) is 2.26. The van der Waals surface area contributed by atoms with Gasteiger partial charge < -0.3 is 10.5 Å². The van der Waals surface area contributed by atoms with Gasteiger partial charge in [0.25, 0.3) is 0 Å². The molecule has 0 spiro atoms. The van der Waals surface area contributed by atoms with Crippen LogP contribution in [0.1, 0.15) is 0 Å².